The summed E-state index contributed by atoms with van der Waals surface area (Å²) < 4.78 is 1.64. The first kappa shape index (κ1) is 16.5. The van der Waals surface area contributed by atoms with Gasteiger partial charge in [0, 0.05) is 18.1 Å². The van der Waals surface area contributed by atoms with E-state index < -0.39 is 6.10 Å². The Hall–Kier alpha value is -1.85. The molecule has 1 aromatic heterocycles. The molecule has 0 saturated heterocycles. The van der Waals surface area contributed by atoms with E-state index >= 15 is 0 Å². The first-order chi connectivity index (χ1) is 10.5. The van der Waals surface area contributed by atoms with Crippen molar-refractivity contribution >= 4 is 23.3 Å². The van der Waals surface area contributed by atoms with Crippen LogP contribution in [0.4, 0.5) is 5.82 Å². The van der Waals surface area contributed by atoms with Gasteiger partial charge in [0.05, 0.1) is 18.2 Å². The van der Waals surface area contributed by atoms with Gasteiger partial charge in [-0.25, -0.2) is 0 Å². The van der Waals surface area contributed by atoms with Crippen molar-refractivity contribution in [3.8, 4) is 0 Å². The van der Waals surface area contributed by atoms with Gasteiger partial charge >= 0.3 is 0 Å². The second-order valence-electron chi connectivity index (χ2n) is 5.21. The van der Waals surface area contributed by atoms with E-state index in [1.807, 2.05) is 6.07 Å². The van der Waals surface area contributed by atoms with E-state index in [9.17, 15) is 9.90 Å². The van der Waals surface area contributed by atoms with Crippen LogP contribution in [0.15, 0.2) is 30.3 Å². The molecule has 1 unspecified atom stereocenters. The third kappa shape index (κ3) is 4.32. The van der Waals surface area contributed by atoms with Crippen LogP contribution in [0.2, 0.25) is 5.02 Å². The molecule has 0 saturated carbocycles. The molecular formula is C16H20ClN3O2. The highest BCUT2D eigenvalue weighted by atomic mass is 35.5. The highest BCUT2D eigenvalue weighted by Gasteiger charge is 2.15. The van der Waals surface area contributed by atoms with Crippen LogP contribution in [-0.2, 0) is 18.3 Å². The number of amides is 1. The summed E-state index contributed by atoms with van der Waals surface area (Å²) in [6.07, 6.45) is 0.993. The second kappa shape index (κ2) is 7.42. The first-order valence-corrected chi connectivity index (χ1v) is 7.63. The van der Waals surface area contributed by atoms with Gasteiger partial charge in [-0.2, -0.15) is 5.10 Å². The van der Waals surface area contributed by atoms with E-state index in [1.165, 1.54) is 0 Å². The van der Waals surface area contributed by atoms with Crippen LogP contribution >= 0.6 is 11.6 Å². The minimum atomic E-state index is -0.861. The van der Waals surface area contributed by atoms with Crippen molar-refractivity contribution < 1.29 is 9.90 Å². The third-order valence-electron chi connectivity index (χ3n) is 3.34. The Morgan fingerprint density at radius 2 is 2.09 bits per heavy atom. The normalized spacial score (nSPS) is 12.2. The molecule has 1 heterocycles. The number of carbonyl (C=O) groups excluding carboxylic acids is 1. The average Bonchev–Trinajstić information content (AvgIpc) is 2.79. The lowest BCUT2D eigenvalue weighted by molar-refractivity contribution is -0.118. The quantitative estimate of drug-likeness (QED) is 0.859. The maximum atomic E-state index is 12.0. The Bertz CT molecular complexity index is 637. The Morgan fingerprint density at radius 1 is 1.41 bits per heavy atom. The van der Waals surface area contributed by atoms with Crippen LogP contribution in [0.1, 0.15) is 37.1 Å². The number of rotatable bonds is 6. The van der Waals surface area contributed by atoms with Crippen molar-refractivity contribution in [1.82, 2.24) is 9.78 Å². The summed E-state index contributed by atoms with van der Waals surface area (Å²) in [5.41, 5.74) is 1.61. The molecule has 118 valence electrons. The van der Waals surface area contributed by atoms with Gasteiger partial charge in [0.2, 0.25) is 5.91 Å². The average molecular weight is 322 g/mol. The lowest BCUT2D eigenvalue weighted by Gasteiger charge is -2.11. The van der Waals surface area contributed by atoms with Crippen molar-refractivity contribution in [3.05, 3.63) is 46.6 Å². The van der Waals surface area contributed by atoms with Crippen LogP contribution in [0.3, 0.4) is 0 Å². The molecule has 0 bridgehead atoms. The molecule has 0 fully saturated rings. The summed E-state index contributed by atoms with van der Waals surface area (Å²) in [5, 5.41) is 17.8. The summed E-state index contributed by atoms with van der Waals surface area (Å²) in [4.78, 5) is 12.0. The molecule has 0 aliphatic rings. The standard InChI is InChI=1S/C16H20ClN3O2/c1-3-4-13-9-15(20(2)19-13)18-16(22)10-14(21)11-5-7-12(17)8-6-11/h5-9,14,21H,3-4,10H2,1-2H3,(H,18,22). The second-order valence-corrected chi connectivity index (χ2v) is 5.65. The van der Waals surface area contributed by atoms with Crippen LogP contribution in [0.5, 0.6) is 0 Å². The highest BCUT2D eigenvalue weighted by Crippen LogP contribution is 2.20. The lowest BCUT2D eigenvalue weighted by Crippen LogP contribution is -2.17. The number of aryl methyl sites for hydroxylation is 2. The molecule has 1 aromatic carbocycles. The van der Waals surface area contributed by atoms with Gasteiger partial charge in [-0.3, -0.25) is 9.48 Å². The predicted octanol–water partition coefficient (Wildman–Crippen LogP) is 3.09. The third-order valence-corrected chi connectivity index (χ3v) is 3.59. The summed E-state index contributed by atoms with van der Waals surface area (Å²) in [6, 6.07) is 8.66. The summed E-state index contributed by atoms with van der Waals surface area (Å²) in [5.74, 6) is 0.380. The number of aromatic nitrogens is 2. The number of nitrogens with zero attached hydrogens (tertiary/aromatic N) is 2. The number of hydrogen-bond acceptors (Lipinski definition) is 3. The van der Waals surface area contributed by atoms with E-state index in [1.54, 1.807) is 36.0 Å². The topological polar surface area (TPSA) is 67.2 Å². The van der Waals surface area contributed by atoms with Crippen molar-refractivity contribution in [2.24, 2.45) is 7.05 Å². The zero-order valence-electron chi connectivity index (χ0n) is 12.7. The summed E-state index contributed by atoms with van der Waals surface area (Å²) >= 11 is 5.80. The van der Waals surface area contributed by atoms with Gasteiger partial charge in [-0.15, -0.1) is 0 Å². The Labute approximate surface area is 134 Å². The van der Waals surface area contributed by atoms with Crippen molar-refractivity contribution in [3.63, 3.8) is 0 Å². The highest BCUT2D eigenvalue weighted by molar-refractivity contribution is 6.30. The molecule has 22 heavy (non-hydrogen) atoms. The molecule has 2 aromatic rings. The molecule has 1 atom stereocenters. The predicted molar refractivity (Wildman–Crippen MR) is 86.9 cm³/mol. The SMILES string of the molecule is CCCc1cc(NC(=O)CC(O)c2ccc(Cl)cc2)n(C)n1. The van der Waals surface area contributed by atoms with Crippen LogP contribution in [-0.4, -0.2) is 20.8 Å². The molecular weight excluding hydrogens is 302 g/mol. The zero-order valence-corrected chi connectivity index (χ0v) is 13.5. The number of aliphatic hydroxyl groups is 1. The van der Waals surface area contributed by atoms with E-state index in [0.29, 0.717) is 16.4 Å². The summed E-state index contributed by atoms with van der Waals surface area (Å²) in [7, 11) is 1.78. The van der Waals surface area contributed by atoms with Crippen LogP contribution in [0.25, 0.3) is 0 Å². The lowest BCUT2D eigenvalue weighted by atomic mass is 10.1. The fraction of sp³-hybridized carbons (Fsp3) is 0.375. The molecule has 5 nitrogen and oxygen atoms in total. The largest absolute Gasteiger partial charge is 0.388 e. The fourth-order valence-electron chi connectivity index (χ4n) is 2.19. The maximum Gasteiger partial charge on any atom is 0.228 e. The van der Waals surface area contributed by atoms with Crippen molar-refractivity contribution in [2.45, 2.75) is 32.3 Å². The van der Waals surface area contributed by atoms with E-state index in [4.69, 9.17) is 11.6 Å². The van der Waals surface area contributed by atoms with E-state index in [0.717, 1.165) is 18.5 Å². The number of aliphatic hydroxyl groups excluding tert-OH is 1. The number of benzene rings is 1. The van der Waals surface area contributed by atoms with E-state index in [2.05, 4.69) is 17.3 Å². The van der Waals surface area contributed by atoms with Gasteiger partial charge in [0.25, 0.3) is 0 Å². The Balaban J connectivity index is 1.96. The maximum absolute atomic E-state index is 12.0. The van der Waals surface area contributed by atoms with Gasteiger partial charge in [-0.1, -0.05) is 37.1 Å². The number of anilines is 1. The van der Waals surface area contributed by atoms with Crippen molar-refractivity contribution in [2.75, 3.05) is 5.32 Å². The van der Waals surface area contributed by atoms with Crippen molar-refractivity contribution in [1.29, 1.82) is 0 Å². The van der Waals surface area contributed by atoms with Crippen LogP contribution in [0, 0.1) is 0 Å². The Kier molecular flexibility index (Phi) is 5.57. The Morgan fingerprint density at radius 3 is 2.73 bits per heavy atom. The minimum absolute atomic E-state index is 0.0179. The number of halogens is 1. The number of carbonyl (C=O) groups is 1. The smallest absolute Gasteiger partial charge is 0.228 e. The molecule has 0 radical (unpaired) electrons. The first-order valence-electron chi connectivity index (χ1n) is 7.26. The molecule has 0 aliphatic heterocycles. The van der Waals surface area contributed by atoms with Gasteiger partial charge in [0.15, 0.2) is 0 Å². The molecule has 2 N–H and O–H groups in total. The van der Waals surface area contributed by atoms with Gasteiger partial charge < -0.3 is 10.4 Å². The molecule has 1 amide bonds. The zero-order chi connectivity index (χ0) is 16.1. The minimum Gasteiger partial charge on any atom is -0.388 e. The van der Waals surface area contributed by atoms with E-state index in [-0.39, 0.29) is 12.3 Å². The summed E-state index contributed by atoms with van der Waals surface area (Å²) in [6.45, 7) is 2.08. The fourth-order valence-corrected chi connectivity index (χ4v) is 2.32. The van der Waals surface area contributed by atoms with Gasteiger partial charge in [-0.05, 0) is 24.1 Å². The molecule has 0 aliphatic carbocycles. The number of nitrogens with one attached hydrogen (secondary N) is 1. The number of hydrogen-bond donors (Lipinski definition) is 2. The molecule has 0 spiro atoms. The molecule has 2 rings (SSSR count). The monoisotopic (exact) mass is 321 g/mol. The van der Waals surface area contributed by atoms with Gasteiger partial charge in [0.1, 0.15) is 5.82 Å². The van der Waals surface area contributed by atoms with Crippen LogP contribution < -0.4 is 5.32 Å². The molecule has 6 heteroatoms.